The molecule has 0 heterocycles. The molecule has 0 aliphatic carbocycles. The highest BCUT2D eigenvalue weighted by Gasteiger charge is 2.12. The number of benzene rings is 1. The van der Waals surface area contributed by atoms with Crippen molar-refractivity contribution in [1.82, 2.24) is 0 Å². The third-order valence-electron chi connectivity index (χ3n) is 1.69. The average molecular weight is 233 g/mol. The van der Waals surface area contributed by atoms with Crippen LogP contribution >= 0.6 is 11.6 Å². The number of hydrogen-bond donors (Lipinski definition) is 1. The minimum atomic E-state index is -2.53. The molecule has 1 rings (SSSR count). The van der Waals surface area contributed by atoms with Crippen LogP contribution in [-0.4, -0.2) is 24.0 Å². The number of aliphatic hydroxyl groups excluding tert-OH is 1. The van der Waals surface area contributed by atoms with Gasteiger partial charge in [0.1, 0.15) is 6.10 Å². The van der Waals surface area contributed by atoms with Crippen LogP contribution in [0.25, 0.3) is 0 Å². The van der Waals surface area contributed by atoms with Crippen molar-refractivity contribution >= 4 is 26.2 Å². The van der Waals surface area contributed by atoms with Crippen molar-refractivity contribution in [2.24, 2.45) is 0 Å². The van der Waals surface area contributed by atoms with Gasteiger partial charge in [-0.3, -0.25) is 0 Å². The first-order chi connectivity index (χ1) is 6.61. The molecular formula is C9H9ClO3S. The van der Waals surface area contributed by atoms with Crippen molar-refractivity contribution in [3.05, 3.63) is 35.9 Å². The maximum atomic E-state index is 10.4. The van der Waals surface area contributed by atoms with Crippen LogP contribution in [0.4, 0.5) is 0 Å². The summed E-state index contributed by atoms with van der Waals surface area (Å²) in [5.74, 6) is 0. The summed E-state index contributed by atoms with van der Waals surface area (Å²) in [6.45, 7) is 0. The SMILES string of the molecule is O=S(=O)=C(Cl)[C@H](O)Cc1ccccc1. The van der Waals surface area contributed by atoms with Crippen LogP contribution in [0.1, 0.15) is 5.56 Å². The summed E-state index contributed by atoms with van der Waals surface area (Å²) in [7, 11) is -2.53. The van der Waals surface area contributed by atoms with Gasteiger partial charge in [-0.25, -0.2) is 0 Å². The van der Waals surface area contributed by atoms with E-state index in [1.807, 2.05) is 18.2 Å². The Morgan fingerprint density at radius 3 is 2.43 bits per heavy atom. The molecule has 0 saturated carbocycles. The molecule has 1 atom stereocenters. The quantitative estimate of drug-likeness (QED) is 0.621. The minimum Gasteiger partial charge on any atom is -0.386 e. The van der Waals surface area contributed by atoms with E-state index in [9.17, 15) is 13.5 Å². The second-order valence-corrected chi connectivity index (χ2v) is 4.28. The zero-order valence-corrected chi connectivity index (χ0v) is 8.79. The molecule has 0 unspecified atom stereocenters. The molecule has 0 bridgehead atoms. The monoisotopic (exact) mass is 232 g/mol. The Morgan fingerprint density at radius 1 is 1.36 bits per heavy atom. The van der Waals surface area contributed by atoms with Gasteiger partial charge in [-0.1, -0.05) is 41.9 Å². The van der Waals surface area contributed by atoms with E-state index >= 15 is 0 Å². The van der Waals surface area contributed by atoms with Crippen LogP contribution in [-0.2, 0) is 16.7 Å². The molecule has 0 amide bonds. The zero-order chi connectivity index (χ0) is 10.6. The highest BCUT2D eigenvalue weighted by molar-refractivity contribution is 7.76. The van der Waals surface area contributed by atoms with Gasteiger partial charge in [-0.05, 0) is 5.56 Å². The van der Waals surface area contributed by atoms with Gasteiger partial charge in [0, 0.05) is 6.42 Å². The van der Waals surface area contributed by atoms with Gasteiger partial charge in [-0.2, -0.15) is 8.42 Å². The van der Waals surface area contributed by atoms with Crippen molar-refractivity contribution < 1.29 is 13.5 Å². The Morgan fingerprint density at radius 2 is 1.93 bits per heavy atom. The lowest BCUT2D eigenvalue weighted by molar-refractivity contribution is 0.247. The van der Waals surface area contributed by atoms with E-state index in [0.29, 0.717) is 0 Å². The summed E-state index contributed by atoms with van der Waals surface area (Å²) in [6, 6.07) is 9.05. The molecule has 5 heteroatoms. The molecule has 1 aromatic carbocycles. The summed E-state index contributed by atoms with van der Waals surface area (Å²) in [6.07, 6.45) is -0.953. The average Bonchev–Trinajstić information content (AvgIpc) is 2.18. The van der Waals surface area contributed by atoms with Crippen LogP contribution in [0.3, 0.4) is 0 Å². The third-order valence-corrected chi connectivity index (χ3v) is 2.91. The lowest BCUT2D eigenvalue weighted by Crippen LogP contribution is -2.18. The topological polar surface area (TPSA) is 54.4 Å². The fraction of sp³-hybridized carbons (Fsp3) is 0.222. The van der Waals surface area contributed by atoms with E-state index in [1.54, 1.807) is 12.1 Å². The van der Waals surface area contributed by atoms with E-state index in [2.05, 4.69) is 0 Å². The van der Waals surface area contributed by atoms with E-state index in [0.717, 1.165) is 5.56 Å². The first-order valence-electron chi connectivity index (χ1n) is 3.95. The largest absolute Gasteiger partial charge is 0.386 e. The molecule has 0 radical (unpaired) electrons. The van der Waals surface area contributed by atoms with Crippen LogP contribution in [0.2, 0.25) is 0 Å². The Balaban J connectivity index is 2.77. The Bertz CT molecular complexity index is 417. The molecule has 1 N–H and O–H groups in total. The van der Waals surface area contributed by atoms with Crippen molar-refractivity contribution in [3.8, 4) is 0 Å². The highest BCUT2D eigenvalue weighted by atomic mass is 35.5. The van der Waals surface area contributed by atoms with E-state index < -0.39 is 20.7 Å². The van der Waals surface area contributed by atoms with Crippen LogP contribution in [0.15, 0.2) is 30.3 Å². The minimum absolute atomic E-state index is 0.202. The molecule has 0 aliphatic heterocycles. The number of halogens is 1. The second-order valence-electron chi connectivity index (χ2n) is 2.74. The molecule has 0 aromatic heterocycles. The summed E-state index contributed by atoms with van der Waals surface area (Å²) in [4.78, 5) is 0. The Hall–Kier alpha value is -0.840. The van der Waals surface area contributed by atoms with Crippen molar-refractivity contribution in [1.29, 1.82) is 0 Å². The molecular weight excluding hydrogens is 224 g/mol. The molecule has 14 heavy (non-hydrogen) atoms. The normalized spacial score (nSPS) is 12.1. The zero-order valence-electron chi connectivity index (χ0n) is 7.22. The molecule has 0 fully saturated rings. The van der Waals surface area contributed by atoms with Gasteiger partial charge in [0.2, 0.25) is 10.3 Å². The number of hydrogen-bond acceptors (Lipinski definition) is 3. The van der Waals surface area contributed by atoms with E-state index in [-0.39, 0.29) is 6.42 Å². The van der Waals surface area contributed by atoms with Gasteiger partial charge in [-0.15, -0.1) is 0 Å². The van der Waals surface area contributed by atoms with Crippen LogP contribution in [0.5, 0.6) is 0 Å². The number of rotatable bonds is 3. The van der Waals surface area contributed by atoms with Crippen molar-refractivity contribution in [3.63, 3.8) is 0 Å². The van der Waals surface area contributed by atoms with Crippen LogP contribution < -0.4 is 0 Å². The molecule has 3 nitrogen and oxygen atoms in total. The maximum absolute atomic E-state index is 10.4. The van der Waals surface area contributed by atoms with Gasteiger partial charge < -0.3 is 5.11 Å². The smallest absolute Gasteiger partial charge is 0.231 e. The van der Waals surface area contributed by atoms with Gasteiger partial charge in [0.25, 0.3) is 0 Å². The van der Waals surface area contributed by atoms with Gasteiger partial charge in [0.15, 0.2) is 4.32 Å². The van der Waals surface area contributed by atoms with Crippen molar-refractivity contribution in [2.75, 3.05) is 0 Å². The van der Waals surface area contributed by atoms with Crippen LogP contribution in [0, 0.1) is 0 Å². The summed E-state index contributed by atoms with van der Waals surface area (Å²) in [5.41, 5.74) is 0.837. The fourth-order valence-corrected chi connectivity index (χ4v) is 1.41. The summed E-state index contributed by atoms with van der Waals surface area (Å²) < 4.78 is 20.4. The predicted octanol–water partition coefficient (Wildman–Crippen LogP) is 0.838. The predicted molar refractivity (Wildman–Crippen MR) is 55.9 cm³/mol. The van der Waals surface area contributed by atoms with Gasteiger partial charge >= 0.3 is 0 Å². The standard InChI is InChI=1S/C9H9ClO3S/c10-9(14(12)13)8(11)6-7-4-2-1-3-5-7/h1-5,8,11H,6H2/t8-/m1/s1. The molecule has 76 valence electrons. The molecule has 0 aliphatic rings. The first kappa shape index (κ1) is 11.2. The maximum Gasteiger partial charge on any atom is 0.231 e. The molecule has 1 aromatic rings. The first-order valence-corrected chi connectivity index (χ1v) is 5.40. The lowest BCUT2D eigenvalue weighted by Gasteiger charge is -2.05. The lowest BCUT2D eigenvalue weighted by atomic mass is 10.1. The van der Waals surface area contributed by atoms with Gasteiger partial charge in [0.05, 0.1) is 0 Å². The van der Waals surface area contributed by atoms with E-state index in [1.165, 1.54) is 0 Å². The second kappa shape index (κ2) is 5.14. The number of aliphatic hydroxyl groups is 1. The fourth-order valence-electron chi connectivity index (χ4n) is 1.03. The van der Waals surface area contributed by atoms with E-state index in [4.69, 9.17) is 11.6 Å². The Kier molecular flexibility index (Phi) is 4.13. The Labute approximate surface area is 88.5 Å². The highest BCUT2D eigenvalue weighted by Crippen LogP contribution is 2.05. The third kappa shape index (κ3) is 3.14. The summed E-state index contributed by atoms with van der Waals surface area (Å²) in [5, 5.41) is 9.38. The van der Waals surface area contributed by atoms with Crippen molar-refractivity contribution in [2.45, 2.75) is 12.5 Å². The molecule has 0 saturated heterocycles. The summed E-state index contributed by atoms with van der Waals surface area (Å²) >= 11 is 5.37. The molecule has 0 spiro atoms.